The molecule has 1 aromatic carbocycles. The molecule has 0 fully saturated rings. The van der Waals surface area contributed by atoms with Crippen LogP contribution in [-0.2, 0) is 6.54 Å². The van der Waals surface area contributed by atoms with E-state index in [4.69, 9.17) is 4.74 Å². The minimum absolute atomic E-state index is 0.740. The highest BCUT2D eigenvalue weighted by Crippen LogP contribution is 2.23. The molecule has 94 valence electrons. The Morgan fingerprint density at radius 2 is 1.78 bits per heavy atom. The van der Waals surface area contributed by atoms with Crippen LogP contribution in [0.25, 0.3) is 0 Å². The minimum Gasteiger partial charge on any atom is -0.457 e. The predicted octanol–water partition coefficient (Wildman–Crippen LogP) is 3.21. The predicted molar refractivity (Wildman–Crippen MR) is 73.0 cm³/mol. The summed E-state index contributed by atoms with van der Waals surface area (Å²) in [5.41, 5.74) is 3.38. The van der Waals surface area contributed by atoms with Crippen LogP contribution in [0.4, 0.5) is 0 Å². The number of rotatable bonds is 4. The summed E-state index contributed by atoms with van der Waals surface area (Å²) in [4.78, 5) is 4.26. The Labute approximate surface area is 108 Å². The Kier molecular flexibility index (Phi) is 3.95. The van der Waals surface area contributed by atoms with Crippen molar-refractivity contribution in [1.29, 1.82) is 0 Å². The van der Waals surface area contributed by atoms with Crippen LogP contribution in [0.2, 0.25) is 0 Å². The molecule has 2 aromatic rings. The van der Waals surface area contributed by atoms with Crippen LogP contribution < -0.4 is 10.1 Å². The second-order valence-corrected chi connectivity index (χ2v) is 4.44. The second-order valence-electron chi connectivity index (χ2n) is 4.44. The lowest BCUT2D eigenvalue weighted by molar-refractivity contribution is 0.480. The zero-order valence-corrected chi connectivity index (χ0v) is 11.0. The molecule has 3 nitrogen and oxygen atoms in total. The molecule has 0 saturated carbocycles. The summed E-state index contributed by atoms with van der Waals surface area (Å²) in [5, 5.41) is 3.08. The van der Waals surface area contributed by atoms with Gasteiger partial charge in [0, 0.05) is 18.8 Å². The number of benzene rings is 1. The summed E-state index contributed by atoms with van der Waals surface area (Å²) < 4.78 is 5.86. The van der Waals surface area contributed by atoms with Gasteiger partial charge in [-0.25, -0.2) is 0 Å². The molecule has 3 heteroatoms. The Bertz CT molecular complexity index is 518. The molecule has 0 aliphatic heterocycles. The van der Waals surface area contributed by atoms with Gasteiger partial charge in [0.05, 0.1) is 5.69 Å². The normalized spacial score (nSPS) is 10.4. The second kappa shape index (κ2) is 5.65. The largest absolute Gasteiger partial charge is 0.457 e. The number of aryl methyl sites for hydroxylation is 2. The number of nitrogens with zero attached hydrogens (tertiary/aromatic N) is 1. The number of hydrogen-bond donors (Lipinski definition) is 1. The highest BCUT2D eigenvalue weighted by Gasteiger charge is 2.01. The van der Waals surface area contributed by atoms with Gasteiger partial charge in [0.1, 0.15) is 11.5 Å². The van der Waals surface area contributed by atoms with Gasteiger partial charge >= 0.3 is 0 Å². The number of pyridine rings is 1. The smallest absolute Gasteiger partial charge is 0.130 e. The van der Waals surface area contributed by atoms with Gasteiger partial charge in [0.2, 0.25) is 0 Å². The first-order valence-corrected chi connectivity index (χ1v) is 6.03. The van der Waals surface area contributed by atoms with Gasteiger partial charge < -0.3 is 10.1 Å². The zero-order chi connectivity index (χ0) is 13.0. The van der Waals surface area contributed by atoms with Crippen molar-refractivity contribution in [3.63, 3.8) is 0 Å². The van der Waals surface area contributed by atoms with Crippen molar-refractivity contribution in [1.82, 2.24) is 10.3 Å². The third kappa shape index (κ3) is 3.31. The molecule has 0 aliphatic rings. The molecule has 1 N–H and O–H groups in total. The maximum absolute atomic E-state index is 5.86. The van der Waals surface area contributed by atoms with Gasteiger partial charge in [0.15, 0.2) is 0 Å². The fourth-order valence-corrected chi connectivity index (χ4v) is 1.93. The van der Waals surface area contributed by atoms with E-state index in [-0.39, 0.29) is 0 Å². The van der Waals surface area contributed by atoms with Crippen LogP contribution in [0.5, 0.6) is 11.5 Å². The third-order valence-electron chi connectivity index (χ3n) is 2.58. The molecule has 0 aliphatic carbocycles. The van der Waals surface area contributed by atoms with Crippen LogP contribution in [0.1, 0.15) is 16.8 Å². The van der Waals surface area contributed by atoms with Gasteiger partial charge in [0.25, 0.3) is 0 Å². The maximum Gasteiger partial charge on any atom is 0.130 e. The van der Waals surface area contributed by atoms with Crippen molar-refractivity contribution in [2.75, 3.05) is 7.05 Å². The standard InChI is InChI=1S/C15H18N2O/c1-11-6-12(2)8-15(7-11)18-14-4-5-17-13(9-14)10-16-3/h4-9,16H,10H2,1-3H3. The average Bonchev–Trinajstić information content (AvgIpc) is 2.28. The molecule has 0 atom stereocenters. The molecular weight excluding hydrogens is 224 g/mol. The van der Waals surface area contributed by atoms with E-state index >= 15 is 0 Å². The van der Waals surface area contributed by atoms with E-state index in [2.05, 4.69) is 30.2 Å². The first kappa shape index (κ1) is 12.6. The van der Waals surface area contributed by atoms with Crippen molar-refractivity contribution in [2.45, 2.75) is 20.4 Å². The van der Waals surface area contributed by atoms with E-state index in [1.165, 1.54) is 11.1 Å². The number of aromatic nitrogens is 1. The monoisotopic (exact) mass is 242 g/mol. The van der Waals surface area contributed by atoms with Crippen LogP contribution in [0, 0.1) is 13.8 Å². The fourth-order valence-electron chi connectivity index (χ4n) is 1.93. The van der Waals surface area contributed by atoms with Crippen molar-refractivity contribution in [3.05, 3.63) is 53.3 Å². The number of ether oxygens (including phenoxy) is 1. The van der Waals surface area contributed by atoms with E-state index in [1.54, 1.807) is 6.20 Å². The van der Waals surface area contributed by atoms with Crippen LogP contribution in [0.15, 0.2) is 36.5 Å². The molecule has 0 saturated heterocycles. The number of hydrogen-bond acceptors (Lipinski definition) is 3. The Morgan fingerprint density at radius 1 is 1.06 bits per heavy atom. The van der Waals surface area contributed by atoms with Crippen molar-refractivity contribution in [3.8, 4) is 11.5 Å². The topological polar surface area (TPSA) is 34.1 Å². The van der Waals surface area contributed by atoms with Gasteiger partial charge in [-0.15, -0.1) is 0 Å². The summed E-state index contributed by atoms with van der Waals surface area (Å²) in [6.07, 6.45) is 1.77. The summed E-state index contributed by atoms with van der Waals surface area (Å²) >= 11 is 0. The molecule has 0 bridgehead atoms. The SMILES string of the molecule is CNCc1cc(Oc2cc(C)cc(C)c2)ccn1. The summed E-state index contributed by atoms with van der Waals surface area (Å²) in [6, 6.07) is 10.0. The molecule has 1 heterocycles. The zero-order valence-electron chi connectivity index (χ0n) is 11.0. The quantitative estimate of drug-likeness (QED) is 0.894. The van der Waals surface area contributed by atoms with E-state index in [9.17, 15) is 0 Å². The minimum atomic E-state index is 0.740. The first-order valence-electron chi connectivity index (χ1n) is 6.03. The Morgan fingerprint density at radius 3 is 2.44 bits per heavy atom. The summed E-state index contributed by atoms with van der Waals surface area (Å²) in [5.74, 6) is 1.69. The van der Waals surface area contributed by atoms with Crippen LogP contribution in [-0.4, -0.2) is 12.0 Å². The summed E-state index contributed by atoms with van der Waals surface area (Å²) in [6.45, 7) is 4.88. The molecule has 18 heavy (non-hydrogen) atoms. The van der Waals surface area contributed by atoms with Crippen molar-refractivity contribution >= 4 is 0 Å². The van der Waals surface area contributed by atoms with Crippen LogP contribution in [0.3, 0.4) is 0 Å². The Balaban J connectivity index is 2.20. The summed E-state index contributed by atoms with van der Waals surface area (Å²) in [7, 11) is 1.90. The van der Waals surface area contributed by atoms with E-state index < -0.39 is 0 Å². The molecule has 2 rings (SSSR count). The molecular formula is C15H18N2O. The van der Waals surface area contributed by atoms with E-state index in [0.717, 1.165) is 23.7 Å². The fraction of sp³-hybridized carbons (Fsp3) is 0.267. The molecule has 0 radical (unpaired) electrons. The Hall–Kier alpha value is -1.87. The highest BCUT2D eigenvalue weighted by molar-refractivity contribution is 5.37. The van der Waals surface area contributed by atoms with Crippen molar-refractivity contribution in [2.24, 2.45) is 0 Å². The van der Waals surface area contributed by atoms with Gasteiger partial charge in [-0.2, -0.15) is 0 Å². The maximum atomic E-state index is 5.86. The van der Waals surface area contributed by atoms with Gasteiger partial charge in [-0.3, -0.25) is 4.98 Å². The van der Waals surface area contributed by atoms with Crippen LogP contribution >= 0.6 is 0 Å². The molecule has 0 unspecified atom stereocenters. The van der Waals surface area contributed by atoms with Crippen molar-refractivity contribution < 1.29 is 4.74 Å². The van der Waals surface area contributed by atoms with E-state index in [0.29, 0.717) is 0 Å². The lowest BCUT2D eigenvalue weighted by Crippen LogP contribution is -2.06. The lowest BCUT2D eigenvalue weighted by atomic mass is 10.1. The lowest BCUT2D eigenvalue weighted by Gasteiger charge is -2.08. The average molecular weight is 242 g/mol. The number of nitrogens with one attached hydrogen (secondary N) is 1. The van der Waals surface area contributed by atoms with E-state index in [1.807, 2.05) is 31.3 Å². The molecule has 0 amide bonds. The highest BCUT2D eigenvalue weighted by atomic mass is 16.5. The van der Waals surface area contributed by atoms with Gasteiger partial charge in [-0.1, -0.05) is 6.07 Å². The third-order valence-corrected chi connectivity index (χ3v) is 2.58. The molecule has 1 aromatic heterocycles. The first-order chi connectivity index (χ1) is 8.67. The molecule has 0 spiro atoms. The van der Waals surface area contributed by atoms with Gasteiger partial charge in [-0.05, 0) is 50.2 Å².